The van der Waals surface area contributed by atoms with E-state index in [9.17, 15) is 10.1 Å². The van der Waals surface area contributed by atoms with Crippen molar-refractivity contribution in [3.63, 3.8) is 0 Å². The van der Waals surface area contributed by atoms with Crippen LogP contribution in [0.1, 0.15) is 11.1 Å². The molecule has 1 N–H and O–H groups in total. The van der Waals surface area contributed by atoms with Crippen LogP contribution in [0.5, 0.6) is 0 Å². The number of nitrogens with zero attached hydrogens (tertiary/aromatic N) is 2. The summed E-state index contributed by atoms with van der Waals surface area (Å²) in [5, 5.41) is 18.8. The van der Waals surface area contributed by atoms with Gasteiger partial charge in [0.15, 0.2) is 0 Å². The maximum absolute atomic E-state index is 10.7. The van der Waals surface area contributed by atoms with Gasteiger partial charge in [0.05, 0.1) is 4.92 Å². The Morgan fingerprint density at radius 3 is 2.35 bits per heavy atom. The third-order valence-corrected chi connectivity index (χ3v) is 3.50. The summed E-state index contributed by atoms with van der Waals surface area (Å²) >= 11 is 0. The van der Waals surface area contributed by atoms with Gasteiger partial charge in [-0.25, -0.2) is 0 Å². The van der Waals surface area contributed by atoms with Crippen LogP contribution >= 0.6 is 0 Å². The fourth-order valence-electron chi connectivity index (χ4n) is 2.43. The number of nitro benzene ring substituents is 1. The molecule has 1 aliphatic rings. The summed E-state index contributed by atoms with van der Waals surface area (Å²) in [4.78, 5) is 12.1. The van der Waals surface area contributed by atoms with E-state index in [0.29, 0.717) is 18.8 Å². The Morgan fingerprint density at radius 2 is 1.70 bits per heavy atom. The maximum Gasteiger partial charge on any atom is 0.269 e. The lowest BCUT2D eigenvalue weighted by molar-refractivity contribution is -0.384. The predicted octanol–water partition coefficient (Wildman–Crippen LogP) is 3.13. The highest BCUT2D eigenvalue weighted by Crippen LogP contribution is 2.26. The number of amidine groups is 1. The van der Waals surface area contributed by atoms with Gasteiger partial charge in [-0.3, -0.25) is 15.5 Å². The summed E-state index contributed by atoms with van der Waals surface area (Å²) in [6.45, 7) is 0.632. The standard InChI is InChI=1S/C15H13N3O2/c16-15-9-11-3-1-2-4-12(11)10-17(15)13-5-7-14(8-6-13)18(19)20/h1-8,16H,9-10H2. The van der Waals surface area contributed by atoms with Crippen molar-refractivity contribution in [1.29, 1.82) is 5.41 Å². The number of benzene rings is 2. The van der Waals surface area contributed by atoms with E-state index in [1.807, 2.05) is 23.1 Å². The molecule has 0 unspecified atom stereocenters. The van der Waals surface area contributed by atoms with Gasteiger partial charge in [0, 0.05) is 30.8 Å². The first-order valence-corrected chi connectivity index (χ1v) is 6.31. The number of fused-ring (bicyclic) bond motifs is 1. The van der Waals surface area contributed by atoms with Crippen molar-refractivity contribution in [2.24, 2.45) is 0 Å². The Hall–Kier alpha value is -2.69. The second-order valence-corrected chi connectivity index (χ2v) is 4.75. The molecular formula is C15H13N3O2. The van der Waals surface area contributed by atoms with Gasteiger partial charge in [0.1, 0.15) is 5.84 Å². The van der Waals surface area contributed by atoms with Crippen LogP contribution in [-0.2, 0) is 13.0 Å². The zero-order chi connectivity index (χ0) is 14.1. The molecule has 3 rings (SSSR count). The van der Waals surface area contributed by atoms with Crippen LogP contribution in [0.15, 0.2) is 48.5 Å². The number of anilines is 1. The number of hydrogen-bond acceptors (Lipinski definition) is 3. The van der Waals surface area contributed by atoms with E-state index < -0.39 is 4.92 Å². The van der Waals surface area contributed by atoms with Crippen LogP contribution in [0.2, 0.25) is 0 Å². The molecule has 5 nitrogen and oxygen atoms in total. The zero-order valence-corrected chi connectivity index (χ0v) is 10.7. The van der Waals surface area contributed by atoms with Gasteiger partial charge >= 0.3 is 0 Å². The van der Waals surface area contributed by atoms with Crippen molar-refractivity contribution in [2.75, 3.05) is 4.90 Å². The van der Waals surface area contributed by atoms with Crippen molar-refractivity contribution in [3.8, 4) is 0 Å². The van der Waals surface area contributed by atoms with E-state index in [2.05, 4.69) is 6.07 Å². The summed E-state index contributed by atoms with van der Waals surface area (Å²) in [5.74, 6) is 0.512. The van der Waals surface area contributed by atoms with E-state index in [1.165, 1.54) is 23.3 Å². The first-order chi connectivity index (χ1) is 9.65. The number of rotatable bonds is 2. The first kappa shape index (κ1) is 12.3. The Balaban J connectivity index is 1.91. The van der Waals surface area contributed by atoms with E-state index in [4.69, 9.17) is 5.41 Å². The lowest BCUT2D eigenvalue weighted by atomic mass is 9.98. The second kappa shape index (κ2) is 4.77. The lowest BCUT2D eigenvalue weighted by Crippen LogP contribution is -2.35. The molecule has 0 saturated carbocycles. The molecule has 1 heterocycles. The molecule has 0 atom stereocenters. The molecule has 0 spiro atoms. The average Bonchev–Trinajstić information content (AvgIpc) is 2.46. The monoisotopic (exact) mass is 267 g/mol. The number of nitrogens with one attached hydrogen (secondary N) is 1. The van der Waals surface area contributed by atoms with E-state index in [1.54, 1.807) is 12.1 Å². The average molecular weight is 267 g/mol. The molecule has 1 aliphatic heterocycles. The predicted molar refractivity (Wildman–Crippen MR) is 77.2 cm³/mol. The Kier molecular flexibility index (Phi) is 2.95. The molecule has 0 aromatic heterocycles. The number of non-ortho nitro benzene ring substituents is 1. The minimum Gasteiger partial charge on any atom is -0.326 e. The van der Waals surface area contributed by atoms with Crippen molar-refractivity contribution in [2.45, 2.75) is 13.0 Å². The third-order valence-electron chi connectivity index (χ3n) is 3.50. The van der Waals surface area contributed by atoms with Gasteiger partial charge in [-0.2, -0.15) is 0 Å². The van der Waals surface area contributed by atoms with Gasteiger partial charge in [-0.15, -0.1) is 0 Å². The van der Waals surface area contributed by atoms with Gasteiger partial charge in [0.2, 0.25) is 0 Å². The summed E-state index contributed by atoms with van der Waals surface area (Å²) in [6, 6.07) is 14.4. The summed E-state index contributed by atoms with van der Waals surface area (Å²) in [6.07, 6.45) is 0.590. The highest BCUT2D eigenvalue weighted by Gasteiger charge is 2.21. The van der Waals surface area contributed by atoms with Crippen molar-refractivity contribution >= 4 is 17.2 Å². The zero-order valence-electron chi connectivity index (χ0n) is 10.7. The molecule has 0 amide bonds. The van der Waals surface area contributed by atoms with Crippen LogP contribution < -0.4 is 4.90 Å². The topological polar surface area (TPSA) is 70.2 Å². The quantitative estimate of drug-likeness (QED) is 0.671. The molecule has 20 heavy (non-hydrogen) atoms. The van der Waals surface area contributed by atoms with E-state index in [0.717, 1.165) is 5.69 Å². The largest absolute Gasteiger partial charge is 0.326 e. The van der Waals surface area contributed by atoms with E-state index in [-0.39, 0.29) is 5.69 Å². The lowest BCUT2D eigenvalue weighted by Gasteiger charge is -2.31. The number of nitro groups is 1. The van der Waals surface area contributed by atoms with Gasteiger partial charge in [0.25, 0.3) is 5.69 Å². The van der Waals surface area contributed by atoms with Gasteiger partial charge < -0.3 is 4.90 Å². The first-order valence-electron chi connectivity index (χ1n) is 6.31. The van der Waals surface area contributed by atoms with Crippen LogP contribution in [-0.4, -0.2) is 10.8 Å². The highest BCUT2D eigenvalue weighted by atomic mass is 16.6. The van der Waals surface area contributed by atoms with Crippen LogP contribution in [0.4, 0.5) is 11.4 Å². The third kappa shape index (κ3) is 2.14. The Labute approximate surface area is 116 Å². The molecule has 5 heteroatoms. The number of hydrogen-bond donors (Lipinski definition) is 1. The van der Waals surface area contributed by atoms with Crippen molar-refractivity contribution < 1.29 is 4.92 Å². The summed E-state index contributed by atoms with van der Waals surface area (Å²) < 4.78 is 0. The summed E-state index contributed by atoms with van der Waals surface area (Å²) in [7, 11) is 0. The fourth-order valence-corrected chi connectivity index (χ4v) is 2.43. The molecule has 0 saturated heterocycles. The Morgan fingerprint density at radius 1 is 1.05 bits per heavy atom. The normalized spacial score (nSPS) is 14.0. The minimum atomic E-state index is -0.416. The van der Waals surface area contributed by atoms with Crippen LogP contribution in [0.3, 0.4) is 0 Å². The molecule has 100 valence electrons. The van der Waals surface area contributed by atoms with Crippen molar-refractivity contribution in [1.82, 2.24) is 0 Å². The fraction of sp³-hybridized carbons (Fsp3) is 0.133. The Bertz CT molecular complexity index is 680. The smallest absolute Gasteiger partial charge is 0.269 e. The molecular weight excluding hydrogens is 254 g/mol. The SMILES string of the molecule is N=C1Cc2ccccc2CN1c1ccc([N+](=O)[O-])cc1. The van der Waals surface area contributed by atoms with Crippen LogP contribution in [0.25, 0.3) is 0 Å². The molecule has 2 aromatic carbocycles. The van der Waals surface area contributed by atoms with Gasteiger partial charge in [-0.1, -0.05) is 24.3 Å². The van der Waals surface area contributed by atoms with Gasteiger partial charge in [-0.05, 0) is 23.3 Å². The maximum atomic E-state index is 10.7. The van der Waals surface area contributed by atoms with Crippen LogP contribution in [0, 0.1) is 15.5 Å². The minimum absolute atomic E-state index is 0.0673. The van der Waals surface area contributed by atoms with Crippen molar-refractivity contribution in [3.05, 3.63) is 69.8 Å². The molecule has 2 aromatic rings. The second-order valence-electron chi connectivity index (χ2n) is 4.75. The molecule has 0 fully saturated rings. The molecule has 0 radical (unpaired) electrons. The molecule has 0 aliphatic carbocycles. The van der Waals surface area contributed by atoms with E-state index >= 15 is 0 Å². The highest BCUT2D eigenvalue weighted by molar-refractivity contribution is 5.98. The summed E-state index contributed by atoms with van der Waals surface area (Å²) in [5.41, 5.74) is 3.25. The molecule has 0 bridgehead atoms.